The summed E-state index contributed by atoms with van der Waals surface area (Å²) >= 11 is 6.50. The topological polar surface area (TPSA) is 86.6 Å². The van der Waals surface area contributed by atoms with Crippen molar-refractivity contribution in [2.75, 3.05) is 13.1 Å². The number of ketones is 1. The number of piperidine rings is 1. The number of nitrogens with zero attached hydrogens (tertiary/aromatic N) is 4. The van der Waals surface area contributed by atoms with Crippen LogP contribution in [0.4, 0.5) is 0 Å². The van der Waals surface area contributed by atoms with Gasteiger partial charge >= 0.3 is 0 Å². The van der Waals surface area contributed by atoms with Crippen LogP contribution in [0.15, 0.2) is 85.8 Å². The summed E-state index contributed by atoms with van der Waals surface area (Å²) < 4.78 is 14.0. The van der Waals surface area contributed by atoms with Crippen molar-refractivity contribution in [3.63, 3.8) is 0 Å². The monoisotopic (exact) mass is 570 g/mol. The van der Waals surface area contributed by atoms with Gasteiger partial charge in [0, 0.05) is 38.0 Å². The first kappa shape index (κ1) is 28.1. The molecule has 1 aliphatic heterocycles. The molecule has 9 heteroatoms. The fourth-order valence-corrected chi connectivity index (χ4v) is 5.09. The molecule has 2 aromatic heterocycles. The van der Waals surface area contributed by atoms with Crippen LogP contribution in [-0.4, -0.2) is 50.5 Å². The van der Waals surface area contributed by atoms with Gasteiger partial charge in [-0.05, 0) is 66.4 Å². The second kappa shape index (κ2) is 12.8. The Morgan fingerprint density at radius 3 is 2.73 bits per heavy atom. The van der Waals surface area contributed by atoms with Crippen LogP contribution in [0.5, 0.6) is 11.5 Å². The number of Topliss-reactive ketones (excluding diaryl/α,β-unsaturated/α-hetero) is 1. The van der Waals surface area contributed by atoms with Gasteiger partial charge in [-0.15, -0.1) is 0 Å². The summed E-state index contributed by atoms with van der Waals surface area (Å²) in [5.74, 6) is 0.777. The Kier molecular flexibility index (Phi) is 8.79. The molecular weight excluding hydrogens is 540 g/mol. The largest absolute Gasteiger partial charge is 0.488 e. The molecule has 1 saturated heterocycles. The predicted octanol–water partition coefficient (Wildman–Crippen LogP) is 5.70. The predicted molar refractivity (Wildman–Crippen MR) is 157 cm³/mol. The SMILES string of the molecule is C=CC(=O)N1CCC[C@@H](Oc2cc(-c3cnn(C)c3)ccc2C(=O)Cc2ccc(OCc3ccccn3)c(Cl)c2)C1. The molecule has 4 aromatic rings. The van der Waals surface area contributed by atoms with E-state index in [0.29, 0.717) is 41.8 Å². The maximum atomic E-state index is 13.6. The lowest BCUT2D eigenvalue weighted by Gasteiger charge is -2.32. The third-order valence-electron chi connectivity index (χ3n) is 6.94. The van der Waals surface area contributed by atoms with Crippen molar-refractivity contribution >= 4 is 23.3 Å². The molecule has 0 spiro atoms. The van der Waals surface area contributed by atoms with E-state index < -0.39 is 0 Å². The van der Waals surface area contributed by atoms with Gasteiger partial charge in [0.15, 0.2) is 5.78 Å². The van der Waals surface area contributed by atoms with Crippen LogP contribution in [0.3, 0.4) is 0 Å². The smallest absolute Gasteiger partial charge is 0.246 e. The lowest BCUT2D eigenvalue weighted by atomic mass is 9.99. The van der Waals surface area contributed by atoms with Gasteiger partial charge in [0.25, 0.3) is 0 Å². The molecule has 210 valence electrons. The third kappa shape index (κ3) is 7.02. The van der Waals surface area contributed by atoms with E-state index in [1.807, 2.05) is 49.6 Å². The third-order valence-corrected chi connectivity index (χ3v) is 7.24. The van der Waals surface area contributed by atoms with Crippen LogP contribution in [0.25, 0.3) is 11.1 Å². The van der Waals surface area contributed by atoms with Crippen molar-refractivity contribution < 1.29 is 19.1 Å². The first-order chi connectivity index (χ1) is 19.9. The molecule has 0 N–H and O–H groups in total. The Balaban J connectivity index is 1.35. The van der Waals surface area contributed by atoms with E-state index in [2.05, 4.69) is 16.7 Å². The number of halogens is 1. The molecule has 8 nitrogen and oxygen atoms in total. The summed E-state index contributed by atoms with van der Waals surface area (Å²) in [6.07, 6.45) is 8.19. The van der Waals surface area contributed by atoms with Crippen LogP contribution >= 0.6 is 11.6 Å². The maximum Gasteiger partial charge on any atom is 0.246 e. The first-order valence-corrected chi connectivity index (χ1v) is 13.8. The number of carbonyl (C=O) groups excluding carboxylic acids is 2. The van der Waals surface area contributed by atoms with Gasteiger partial charge in [0.05, 0.1) is 29.0 Å². The number of carbonyl (C=O) groups is 2. The fourth-order valence-electron chi connectivity index (χ4n) is 4.83. The van der Waals surface area contributed by atoms with Gasteiger partial charge in [-0.25, -0.2) is 0 Å². The average Bonchev–Trinajstić information content (AvgIpc) is 3.43. The molecule has 0 aliphatic carbocycles. The zero-order valence-electron chi connectivity index (χ0n) is 22.8. The highest BCUT2D eigenvalue weighted by Gasteiger charge is 2.25. The second-order valence-electron chi connectivity index (χ2n) is 9.96. The highest BCUT2D eigenvalue weighted by atomic mass is 35.5. The zero-order chi connectivity index (χ0) is 28.8. The van der Waals surface area contributed by atoms with E-state index in [4.69, 9.17) is 21.1 Å². The minimum absolute atomic E-state index is 0.106. The minimum atomic E-state index is -0.242. The fraction of sp³-hybridized carbons (Fsp3) is 0.250. The van der Waals surface area contributed by atoms with E-state index in [9.17, 15) is 9.59 Å². The summed E-state index contributed by atoms with van der Waals surface area (Å²) in [7, 11) is 1.85. The molecule has 3 heterocycles. The molecule has 1 atom stereocenters. The molecule has 2 aromatic carbocycles. The van der Waals surface area contributed by atoms with E-state index >= 15 is 0 Å². The van der Waals surface area contributed by atoms with Gasteiger partial charge < -0.3 is 14.4 Å². The van der Waals surface area contributed by atoms with Crippen molar-refractivity contribution in [1.29, 1.82) is 0 Å². The summed E-state index contributed by atoms with van der Waals surface area (Å²) in [5.41, 5.74) is 3.82. The Labute approximate surface area is 244 Å². The zero-order valence-corrected chi connectivity index (χ0v) is 23.6. The molecule has 1 aliphatic rings. The quantitative estimate of drug-likeness (QED) is 0.180. The molecule has 41 heavy (non-hydrogen) atoms. The van der Waals surface area contributed by atoms with E-state index in [-0.39, 0.29) is 24.2 Å². The molecule has 0 unspecified atom stereocenters. The van der Waals surface area contributed by atoms with Crippen molar-refractivity contribution in [1.82, 2.24) is 19.7 Å². The molecule has 0 saturated carbocycles. The lowest BCUT2D eigenvalue weighted by molar-refractivity contribution is -0.128. The van der Waals surface area contributed by atoms with Crippen molar-refractivity contribution in [2.45, 2.75) is 32.0 Å². The number of likely N-dealkylation sites (tertiary alicyclic amines) is 1. The van der Waals surface area contributed by atoms with Gasteiger partial charge in [-0.3, -0.25) is 19.3 Å². The number of hydrogen-bond acceptors (Lipinski definition) is 6. The molecule has 1 amide bonds. The highest BCUT2D eigenvalue weighted by Crippen LogP contribution is 2.32. The summed E-state index contributed by atoms with van der Waals surface area (Å²) in [4.78, 5) is 31.8. The van der Waals surface area contributed by atoms with Crippen molar-refractivity contribution in [3.8, 4) is 22.6 Å². The van der Waals surface area contributed by atoms with Crippen LogP contribution in [0.2, 0.25) is 5.02 Å². The van der Waals surface area contributed by atoms with Gasteiger partial charge in [0.1, 0.15) is 24.2 Å². The van der Waals surface area contributed by atoms with Crippen LogP contribution < -0.4 is 9.47 Å². The molecule has 5 rings (SSSR count). The van der Waals surface area contributed by atoms with Crippen LogP contribution in [0, 0.1) is 0 Å². The average molecular weight is 571 g/mol. The van der Waals surface area contributed by atoms with Gasteiger partial charge in [0.2, 0.25) is 5.91 Å². The summed E-state index contributed by atoms with van der Waals surface area (Å²) in [6.45, 7) is 4.99. The number of benzene rings is 2. The number of pyridine rings is 1. The van der Waals surface area contributed by atoms with Crippen LogP contribution in [-0.2, 0) is 24.9 Å². The Morgan fingerprint density at radius 2 is 2.00 bits per heavy atom. The number of aromatic nitrogens is 3. The van der Waals surface area contributed by atoms with Gasteiger partial charge in [-0.1, -0.05) is 36.4 Å². The Hall–Kier alpha value is -4.43. The van der Waals surface area contributed by atoms with Gasteiger partial charge in [-0.2, -0.15) is 5.10 Å². The normalized spacial score (nSPS) is 14.9. The van der Waals surface area contributed by atoms with Crippen molar-refractivity contribution in [3.05, 3.63) is 108 Å². The number of amides is 1. The Morgan fingerprint density at radius 1 is 1.12 bits per heavy atom. The lowest BCUT2D eigenvalue weighted by Crippen LogP contribution is -2.43. The summed E-state index contributed by atoms with van der Waals surface area (Å²) in [6, 6.07) is 16.5. The Bertz CT molecular complexity index is 1550. The number of hydrogen-bond donors (Lipinski definition) is 0. The first-order valence-electron chi connectivity index (χ1n) is 13.4. The number of aryl methyl sites for hydroxylation is 1. The molecule has 0 radical (unpaired) electrons. The standard InChI is InChI=1S/C32H31ClN4O4/c1-3-32(39)37-14-6-8-26(20-37)41-31-17-23(24-18-35-36(2)19-24)10-11-27(31)29(38)16-22-9-12-30(28(33)15-22)40-21-25-7-4-5-13-34-25/h3-5,7,9-13,15,17-19,26H,1,6,8,14,16,20-21H2,2H3/t26-/m1/s1. The second-order valence-corrected chi connectivity index (χ2v) is 10.4. The molecule has 0 bridgehead atoms. The van der Waals surface area contributed by atoms with Crippen molar-refractivity contribution in [2.24, 2.45) is 7.05 Å². The maximum absolute atomic E-state index is 13.6. The van der Waals surface area contributed by atoms with E-state index in [1.165, 1.54) is 6.08 Å². The number of rotatable bonds is 10. The number of ether oxygens (including phenoxy) is 2. The molecule has 1 fully saturated rings. The summed E-state index contributed by atoms with van der Waals surface area (Å²) in [5, 5.41) is 4.69. The highest BCUT2D eigenvalue weighted by molar-refractivity contribution is 6.32. The van der Waals surface area contributed by atoms with E-state index in [0.717, 1.165) is 35.2 Å². The minimum Gasteiger partial charge on any atom is -0.488 e. The molecular formula is C32H31ClN4O4. The van der Waals surface area contributed by atoms with E-state index in [1.54, 1.807) is 40.2 Å². The van der Waals surface area contributed by atoms with Crippen LogP contribution in [0.1, 0.15) is 34.5 Å².